The van der Waals surface area contributed by atoms with Crippen LogP contribution in [0.3, 0.4) is 0 Å². The minimum Gasteiger partial charge on any atom is -0.478 e. The number of alkyl carbamates (subject to hydrolysis) is 1. The highest BCUT2D eigenvalue weighted by Gasteiger charge is 2.32. The zero-order chi connectivity index (χ0) is 18.8. The van der Waals surface area contributed by atoms with Crippen molar-refractivity contribution in [1.29, 1.82) is 5.26 Å². The number of carbonyl (C=O) groups excluding carboxylic acids is 2. The molecule has 0 radical (unpaired) electrons. The molecule has 1 aliphatic heterocycles. The lowest BCUT2D eigenvalue weighted by Crippen LogP contribution is -2.45. The lowest BCUT2D eigenvalue weighted by atomic mass is 10.1. The summed E-state index contributed by atoms with van der Waals surface area (Å²) in [6.45, 7) is 4.99. The Morgan fingerprint density at radius 3 is 2.68 bits per heavy atom. The molecule has 0 saturated carbocycles. The van der Waals surface area contributed by atoms with Gasteiger partial charge in [-0.3, -0.25) is 4.79 Å². The van der Waals surface area contributed by atoms with Gasteiger partial charge in [0.2, 0.25) is 0 Å². The fourth-order valence-electron chi connectivity index (χ4n) is 2.11. The van der Waals surface area contributed by atoms with Gasteiger partial charge in [-0.25, -0.2) is 13.6 Å². The van der Waals surface area contributed by atoms with Crippen molar-refractivity contribution in [2.24, 2.45) is 0 Å². The molecule has 1 aliphatic rings. The van der Waals surface area contributed by atoms with E-state index in [0.29, 0.717) is 0 Å². The zero-order valence-electron chi connectivity index (χ0n) is 13.9. The third-order valence-electron chi connectivity index (χ3n) is 3.14. The molecule has 1 aromatic carbocycles. The summed E-state index contributed by atoms with van der Waals surface area (Å²) < 4.78 is 36.9. The van der Waals surface area contributed by atoms with Crippen LogP contribution in [0.1, 0.15) is 27.2 Å². The number of carbonyl (C=O) groups is 2. The third-order valence-corrected chi connectivity index (χ3v) is 3.14. The molecule has 2 rings (SSSR count). The summed E-state index contributed by atoms with van der Waals surface area (Å²) in [7, 11) is 0. The van der Waals surface area contributed by atoms with Crippen LogP contribution in [0.25, 0.3) is 0 Å². The Balaban J connectivity index is 2.06. The monoisotopic (exact) mass is 353 g/mol. The summed E-state index contributed by atoms with van der Waals surface area (Å²) >= 11 is 0. The van der Waals surface area contributed by atoms with Crippen molar-refractivity contribution in [3.8, 4) is 11.8 Å². The molecule has 9 heteroatoms. The van der Waals surface area contributed by atoms with E-state index in [1.54, 1.807) is 20.8 Å². The maximum absolute atomic E-state index is 13.3. The number of anilines is 1. The molecule has 0 aromatic heterocycles. The van der Waals surface area contributed by atoms with Crippen LogP contribution in [0.2, 0.25) is 0 Å². The van der Waals surface area contributed by atoms with E-state index in [9.17, 15) is 18.4 Å². The highest BCUT2D eigenvalue weighted by molar-refractivity contribution is 5.97. The predicted molar refractivity (Wildman–Crippen MR) is 82.8 cm³/mol. The first kappa shape index (κ1) is 18.4. The number of rotatable bonds is 3. The number of amides is 2. The summed E-state index contributed by atoms with van der Waals surface area (Å²) in [5.74, 6) is -2.94. The maximum atomic E-state index is 13.3. The van der Waals surface area contributed by atoms with E-state index in [1.807, 2.05) is 6.07 Å². The second-order valence-electron chi connectivity index (χ2n) is 6.42. The maximum Gasteiger partial charge on any atom is 0.408 e. The number of hydrogen-bond donors (Lipinski definition) is 2. The molecule has 2 amide bonds. The summed E-state index contributed by atoms with van der Waals surface area (Å²) in [6, 6.07) is 2.36. The number of nitrogens with one attached hydrogen (secondary N) is 2. The fourth-order valence-corrected chi connectivity index (χ4v) is 2.11. The molecule has 134 valence electrons. The minimum atomic E-state index is -1.16. The van der Waals surface area contributed by atoms with Crippen molar-refractivity contribution < 1.29 is 27.8 Å². The Bertz CT molecular complexity index is 740. The Kier molecular flexibility index (Phi) is 5.11. The quantitative estimate of drug-likeness (QED) is 0.869. The Hall–Kier alpha value is -2.89. The number of ether oxygens (including phenoxy) is 2. The molecule has 0 fully saturated rings. The molecule has 0 unspecified atom stereocenters. The van der Waals surface area contributed by atoms with Gasteiger partial charge in [-0.2, -0.15) is 5.26 Å². The first-order valence-corrected chi connectivity index (χ1v) is 7.45. The fraction of sp³-hybridized carbons (Fsp3) is 0.438. The van der Waals surface area contributed by atoms with E-state index in [0.717, 1.165) is 12.1 Å². The number of halogens is 2. The molecule has 7 nitrogen and oxygen atoms in total. The highest BCUT2D eigenvalue weighted by Crippen LogP contribution is 2.32. The van der Waals surface area contributed by atoms with E-state index in [2.05, 4.69) is 10.6 Å². The molecule has 25 heavy (non-hydrogen) atoms. The number of fused-ring (bicyclic) bond motifs is 1. The normalized spacial score (nSPS) is 17.4. The van der Waals surface area contributed by atoms with Crippen LogP contribution in [0.5, 0.6) is 5.75 Å². The number of benzene rings is 1. The molecule has 0 aliphatic carbocycles. The van der Waals surface area contributed by atoms with Gasteiger partial charge in [-0.15, -0.1) is 0 Å². The molecule has 2 atom stereocenters. The third kappa shape index (κ3) is 4.79. The standard InChI is InChI=1S/C16H17F2N3O4/c1-16(2,3)25-15(23)20-8(7-19)4-13-14(22)21-11-5-9(17)10(18)6-12(11)24-13/h5-6,8,13H,4H2,1-3H3,(H,20,23)(H,21,22)/t8-,13-/m0/s1. The second-order valence-corrected chi connectivity index (χ2v) is 6.42. The molecule has 1 aromatic rings. The Morgan fingerprint density at radius 1 is 1.44 bits per heavy atom. The average Bonchev–Trinajstić information content (AvgIpc) is 2.47. The van der Waals surface area contributed by atoms with Crippen LogP contribution in [0.4, 0.5) is 19.3 Å². The van der Waals surface area contributed by atoms with Gasteiger partial charge in [-0.1, -0.05) is 0 Å². The Labute approximate surface area is 142 Å². The zero-order valence-corrected chi connectivity index (χ0v) is 13.9. The summed E-state index contributed by atoms with van der Waals surface area (Å²) in [5.41, 5.74) is -0.752. The van der Waals surface area contributed by atoms with E-state index in [1.165, 1.54) is 0 Å². The second kappa shape index (κ2) is 6.93. The summed E-state index contributed by atoms with van der Waals surface area (Å²) in [4.78, 5) is 23.7. The van der Waals surface area contributed by atoms with Crippen molar-refractivity contribution in [1.82, 2.24) is 5.32 Å². The van der Waals surface area contributed by atoms with Gasteiger partial charge in [-0.05, 0) is 20.8 Å². The number of hydrogen-bond acceptors (Lipinski definition) is 5. The van der Waals surface area contributed by atoms with Crippen LogP contribution in [-0.2, 0) is 9.53 Å². The SMILES string of the molecule is CC(C)(C)OC(=O)N[C@H](C#N)C[C@@H]1Oc2cc(F)c(F)cc2NC1=O. The van der Waals surface area contributed by atoms with E-state index in [4.69, 9.17) is 14.7 Å². The minimum absolute atomic E-state index is 0.00578. The van der Waals surface area contributed by atoms with Gasteiger partial charge in [0.1, 0.15) is 17.4 Å². The van der Waals surface area contributed by atoms with Gasteiger partial charge >= 0.3 is 6.09 Å². The lowest BCUT2D eigenvalue weighted by Gasteiger charge is -2.27. The highest BCUT2D eigenvalue weighted by atomic mass is 19.2. The first-order chi connectivity index (χ1) is 11.6. The smallest absolute Gasteiger partial charge is 0.408 e. The van der Waals surface area contributed by atoms with Crippen LogP contribution in [0, 0.1) is 23.0 Å². The molecule has 1 heterocycles. The van der Waals surface area contributed by atoms with Crippen LogP contribution >= 0.6 is 0 Å². The van der Waals surface area contributed by atoms with E-state index in [-0.39, 0.29) is 17.9 Å². The largest absolute Gasteiger partial charge is 0.478 e. The molecule has 2 N–H and O–H groups in total. The molecule has 0 saturated heterocycles. The van der Waals surface area contributed by atoms with Gasteiger partial charge < -0.3 is 20.1 Å². The van der Waals surface area contributed by atoms with Crippen molar-refractivity contribution in [2.45, 2.75) is 44.9 Å². The van der Waals surface area contributed by atoms with Gasteiger partial charge in [0.15, 0.2) is 17.7 Å². The average molecular weight is 353 g/mol. The van der Waals surface area contributed by atoms with Gasteiger partial charge in [0.25, 0.3) is 5.91 Å². The molecule has 0 spiro atoms. The predicted octanol–water partition coefficient (Wildman–Crippen LogP) is 2.47. The Morgan fingerprint density at radius 2 is 2.08 bits per heavy atom. The van der Waals surface area contributed by atoms with Crippen molar-refractivity contribution >= 4 is 17.7 Å². The van der Waals surface area contributed by atoms with E-state index >= 15 is 0 Å². The summed E-state index contributed by atoms with van der Waals surface area (Å²) in [6.07, 6.45) is -2.17. The molecule has 0 bridgehead atoms. The van der Waals surface area contributed by atoms with Crippen molar-refractivity contribution in [3.63, 3.8) is 0 Å². The number of nitriles is 1. The summed E-state index contributed by atoms with van der Waals surface area (Å²) in [5, 5.41) is 13.8. The van der Waals surface area contributed by atoms with Crippen molar-refractivity contribution in [3.05, 3.63) is 23.8 Å². The molecular formula is C16H17F2N3O4. The van der Waals surface area contributed by atoms with Crippen LogP contribution < -0.4 is 15.4 Å². The lowest BCUT2D eigenvalue weighted by molar-refractivity contribution is -0.124. The van der Waals surface area contributed by atoms with E-state index < -0.39 is 41.4 Å². The first-order valence-electron chi connectivity index (χ1n) is 7.45. The van der Waals surface area contributed by atoms with Crippen molar-refractivity contribution in [2.75, 3.05) is 5.32 Å². The van der Waals surface area contributed by atoms with Crippen LogP contribution in [0.15, 0.2) is 12.1 Å². The van der Waals surface area contributed by atoms with Gasteiger partial charge in [0, 0.05) is 18.6 Å². The topological polar surface area (TPSA) is 100 Å². The van der Waals surface area contributed by atoms with Gasteiger partial charge in [0.05, 0.1) is 11.8 Å². The number of nitrogens with zero attached hydrogens (tertiary/aromatic N) is 1. The molecular weight excluding hydrogens is 336 g/mol. The van der Waals surface area contributed by atoms with Crippen LogP contribution in [-0.4, -0.2) is 29.7 Å².